The van der Waals surface area contributed by atoms with Crippen molar-refractivity contribution in [3.8, 4) is 0 Å². The molecule has 1 atom stereocenters. The van der Waals surface area contributed by atoms with Crippen LogP contribution in [-0.4, -0.2) is 29.7 Å². The van der Waals surface area contributed by atoms with Crippen molar-refractivity contribution in [3.05, 3.63) is 0 Å². The molecule has 2 nitrogen and oxygen atoms in total. The molecule has 0 aliphatic carbocycles. The molecule has 3 heteroatoms. The second kappa shape index (κ2) is 3.95. The number of aliphatic hydroxyl groups excluding tert-OH is 1. The molecule has 8 heavy (non-hydrogen) atoms. The first-order valence-electron chi connectivity index (χ1n) is 2.54. The fourth-order valence-electron chi connectivity index (χ4n) is 0.322. The molecular formula is C5H11NOS. The van der Waals surface area contributed by atoms with Crippen LogP contribution < -0.4 is 5.32 Å². The highest BCUT2D eigenvalue weighted by molar-refractivity contribution is 7.80. The summed E-state index contributed by atoms with van der Waals surface area (Å²) in [7, 11) is 1.80. The minimum absolute atomic E-state index is 0.461. The van der Waals surface area contributed by atoms with E-state index in [0.717, 1.165) is 0 Å². The Morgan fingerprint density at radius 3 is 2.50 bits per heavy atom. The predicted molar refractivity (Wildman–Crippen MR) is 38.2 cm³/mol. The van der Waals surface area contributed by atoms with Crippen molar-refractivity contribution >= 4 is 17.1 Å². The molecule has 2 N–H and O–H groups in total. The van der Waals surface area contributed by atoms with Gasteiger partial charge in [0, 0.05) is 11.4 Å². The molecule has 0 bridgehead atoms. The molecule has 0 heterocycles. The fourth-order valence-corrected chi connectivity index (χ4v) is 0.466. The average Bonchev–Trinajstić information content (AvgIpc) is 1.67. The van der Waals surface area contributed by atoms with E-state index in [1.54, 1.807) is 14.0 Å². The summed E-state index contributed by atoms with van der Waals surface area (Å²) in [5, 5.41) is 11.6. The summed E-state index contributed by atoms with van der Waals surface area (Å²) in [6.45, 7) is 2.28. The van der Waals surface area contributed by atoms with E-state index in [4.69, 9.17) is 17.3 Å². The Labute approximate surface area is 54.9 Å². The minimum Gasteiger partial charge on any atom is -0.388 e. The van der Waals surface area contributed by atoms with Gasteiger partial charge in [0.15, 0.2) is 0 Å². The Morgan fingerprint density at radius 1 is 1.88 bits per heavy atom. The van der Waals surface area contributed by atoms with E-state index in [-0.39, 0.29) is 0 Å². The summed E-state index contributed by atoms with van der Waals surface area (Å²) in [5.41, 5.74) is 0. The van der Waals surface area contributed by atoms with Crippen LogP contribution in [0, 0.1) is 0 Å². The molecule has 0 radical (unpaired) electrons. The van der Waals surface area contributed by atoms with Crippen molar-refractivity contribution in [1.82, 2.24) is 5.32 Å². The smallest absolute Gasteiger partial charge is 0.0837 e. The molecule has 0 aromatic carbocycles. The van der Waals surface area contributed by atoms with E-state index < -0.39 is 6.10 Å². The number of thiocarbonyl (C=S) groups is 1. The van der Waals surface area contributed by atoms with Gasteiger partial charge in [0.05, 0.1) is 6.10 Å². The average molecular weight is 133 g/mol. The van der Waals surface area contributed by atoms with Crippen LogP contribution in [0.5, 0.6) is 0 Å². The van der Waals surface area contributed by atoms with E-state index in [1.807, 2.05) is 0 Å². The first kappa shape index (κ1) is 8.01. The van der Waals surface area contributed by atoms with Crippen LogP contribution in [0.15, 0.2) is 0 Å². The van der Waals surface area contributed by atoms with E-state index in [9.17, 15) is 0 Å². The van der Waals surface area contributed by atoms with Crippen LogP contribution in [0.1, 0.15) is 6.92 Å². The molecule has 0 saturated heterocycles. The summed E-state index contributed by atoms with van der Waals surface area (Å²) >= 11 is 4.76. The Morgan fingerprint density at radius 2 is 2.38 bits per heavy atom. The first-order valence-corrected chi connectivity index (χ1v) is 2.94. The van der Waals surface area contributed by atoms with E-state index in [1.165, 1.54) is 0 Å². The molecule has 0 rings (SSSR count). The van der Waals surface area contributed by atoms with Gasteiger partial charge in [-0.2, -0.15) is 0 Å². The van der Waals surface area contributed by atoms with Gasteiger partial charge < -0.3 is 10.4 Å². The summed E-state index contributed by atoms with van der Waals surface area (Å²) in [4.78, 5) is 0.660. The van der Waals surface area contributed by atoms with Gasteiger partial charge in [0.1, 0.15) is 0 Å². The molecule has 0 amide bonds. The standard InChI is InChI=1S/C5H11NOS/c1-4(7)5(8)3-6-2/h4,6-7H,3H2,1-2H3. The van der Waals surface area contributed by atoms with Crippen molar-refractivity contribution in [1.29, 1.82) is 0 Å². The summed E-state index contributed by atoms with van der Waals surface area (Å²) in [6, 6.07) is 0. The molecule has 0 aliphatic heterocycles. The van der Waals surface area contributed by atoms with Crippen LogP contribution in [0.25, 0.3) is 0 Å². The molecule has 48 valence electrons. The van der Waals surface area contributed by atoms with Gasteiger partial charge in [-0.25, -0.2) is 0 Å². The Balaban J connectivity index is 3.33. The third kappa shape index (κ3) is 3.07. The quantitative estimate of drug-likeness (QED) is 0.530. The molecule has 0 aromatic heterocycles. The lowest BCUT2D eigenvalue weighted by Crippen LogP contribution is -2.25. The summed E-state index contributed by atoms with van der Waals surface area (Å²) in [6.07, 6.45) is -0.461. The molecule has 0 aromatic rings. The predicted octanol–water partition coefficient (Wildman–Crippen LogP) is -0.0435. The van der Waals surface area contributed by atoms with Gasteiger partial charge in [-0.3, -0.25) is 0 Å². The number of nitrogens with one attached hydrogen (secondary N) is 1. The van der Waals surface area contributed by atoms with E-state index in [0.29, 0.717) is 11.4 Å². The van der Waals surface area contributed by atoms with Crippen LogP contribution in [0.2, 0.25) is 0 Å². The molecule has 0 aliphatic rings. The zero-order valence-electron chi connectivity index (χ0n) is 5.14. The minimum atomic E-state index is -0.461. The zero-order chi connectivity index (χ0) is 6.57. The van der Waals surface area contributed by atoms with Crippen molar-refractivity contribution in [2.45, 2.75) is 13.0 Å². The summed E-state index contributed by atoms with van der Waals surface area (Å²) in [5.74, 6) is 0. The SMILES string of the molecule is CNCC(=S)C(C)O. The molecule has 0 saturated carbocycles. The van der Waals surface area contributed by atoms with Gasteiger partial charge in [0.2, 0.25) is 0 Å². The maximum Gasteiger partial charge on any atom is 0.0837 e. The van der Waals surface area contributed by atoms with Gasteiger partial charge in [0.25, 0.3) is 0 Å². The third-order valence-electron chi connectivity index (χ3n) is 0.817. The highest BCUT2D eigenvalue weighted by Crippen LogP contribution is 1.83. The fraction of sp³-hybridized carbons (Fsp3) is 0.800. The lowest BCUT2D eigenvalue weighted by Gasteiger charge is -2.03. The van der Waals surface area contributed by atoms with Gasteiger partial charge >= 0.3 is 0 Å². The van der Waals surface area contributed by atoms with Crippen LogP contribution >= 0.6 is 12.2 Å². The van der Waals surface area contributed by atoms with Gasteiger partial charge in [-0.05, 0) is 14.0 Å². The second-order valence-electron chi connectivity index (χ2n) is 1.67. The van der Waals surface area contributed by atoms with Crippen molar-refractivity contribution in [2.24, 2.45) is 0 Å². The van der Waals surface area contributed by atoms with Crippen molar-refractivity contribution in [3.63, 3.8) is 0 Å². The Bertz CT molecular complexity index is 82.5. The van der Waals surface area contributed by atoms with Gasteiger partial charge in [-0.15, -0.1) is 0 Å². The number of hydrogen-bond donors (Lipinski definition) is 2. The second-order valence-corrected chi connectivity index (χ2v) is 2.20. The van der Waals surface area contributed by atoms with Crippen molar-refractivity contribution < 1.29 is 5.11 Å². The number of rotatable bonds is 3. The molecular weight excluding hydrogens is 122 g/mol. The zero-order valence-corrected chi connectivity index (χ0v) is 5.96. The lowest BCUT2D eigenvalue weighted by molar-refractivity contribution is 0.263. The normalized spacial score (nSPS) is 13.4. The summed E-state index contributed by atoms with van der Waals surface area (Å²) < 4.78 is 0. The lowest BCUT2D eigenvalue weighted by atomic mass is 10.3. The van der Waals surface area contributed by atoms with E-state index >= 15 is 0 Å². The number of aliphatic hydroxyl groups is 1. The molecule has 0 spiro atoms. The third-order valence-corrected chi connectivity index (χ3v) is 1.30. The Hall–Kier alpha value is 0.01000. The molecule has 0 fully saturated rings. The largest absolute Gasteiger partial charge is 0.388 e. The van der Waals surface area contributed by atoms with Gasteiger partial charge in [-0.1, -0.05) is 12.2 Å². The highest BCUT2D eigenvalue weighted by atomic mass is 32.1. The number of hydrogen-bond acceptors (Lipinski definition) is 3. The highest BCUT2D eigenvalue weighted by Gasteiger charge is 1.99. The van der Waals surface area contributed by atoms with Crippen LogP contribution in [-0.2, 0) is 0 Å². The monoisotopic (exact) mass is 133 g/mol. The maximum atomic E-state index is 8.77. The topological polar surface area (TPSA) is 32.3 Å². The van der Waals surface area contributed by atoms with Crippen LogP contribution in [0.3, 0.4) is 0 Å². The van der Waals surface area contributed by atoms with E-state index in [2.05, 4.69) is 5.32 Å². The van der Waals surface area contributed by atoms with Crippen molar-refractivity contribution in [2.75, 3.05) is 13.6 Å². The van der Waals surface area contributed by atoms with Crippen LogP contribution in [0.4, 0.5) is 0 Å². The Kier molecular flexibility index (Phi) is 3.95. The maximum absolute atomic E-state index is 8.77. The first-order chi connectivity index (χ1) is 3.68. The molecule has 1 unspecified atom stereocenters.